The van der Waals surface area contributed by atoms with Gasteiger partial charge in [0.25, 0.3) is 0 Å². The number of fused-ring (bicyclic) bond motifs is 1. The molecule has 0 bridgehead atoms. The Morgan fingerprint density at radius 1 is 1.50 bits per heavy atom. The fraction of sp³-hybridized carbons (Fsp3) is 0.273. The van der Waals surface area contributed by atoms with Crippen LogP contribution in [0.15, 0.2) is 33.2 Å². The number of nitrogens with two attached hydrogens (primary N) is 1. The van der Waals surface area contributed by atoms with Crippen LogP contribution < -0.4 is 5.73 Å². The number of hydrogen-bond acceptors (Lipinski definition) is 2. The second-order valence-corrected chi connectivity index (χ2v) is 4.18. The molecule has 0 saturated heterocycles. The highest BCUT2D eigenvalue weighted by atomic mass is 79.9. The molecule has 2 N–H and O–H groups in total. The summed E-state index contributed by atoms with van der Waals surface area (Å²) in [5.74, 6) is 0.856. The molecule has 0 amide bonds. The lowest BCUT2D eigenvalue weighted by Crippen LogP contribution is -2.06. The topological polar surface area (TPSA) is 39.2 Å². The van der Waals surface area contributed by atoms with Gasteiger partial charge in [-0.25, -0.2) is 0 Å². The second-order valence-electron chi connectivity index (χ2n) is 3.32. The Morgan fingerprint density at radius 2 is 2.29 bits per heavy atom. The number of hydrogen-bond donors (Lipinski definition) is 1. The summed E-state index contributed by atoms with van der Waals surface area (Å²) < 4.78 is 6.66. The Balaban J connectivity index is 2.56. The van der Waals surface area contributed by atoms with Crippen LogP contribution in [-0.4, -0.2) is 0 Å². The second kappa shape index (κ2) is 3.75. The van der Waals surface area contributed by atoms with Gasteiger partial charge in [-0.1, -0.05) is 19.1 Å². The van der Waals surface area contributed by atoms with E-state index in [2.05, 4.69) is 15.9 Å². The van der Waals surface area contributed by atoms with Crippen molar-refractivity contribution in [3.63, 3.8) is 0 Å². The van der Waals surface area contributed by atoms with Crippen LogP contribution in [0.1, 0.15) is 25.1 Å². The first kappa shape index (κ1) is 9.74. The van der Waals surface area contributed by atoms with Gasteiger partial charge in [0.2, 0.25) is 0 Å². The van der Waals surface area contributed by atoms with E-state index in [1.807, 2.05) is 31.2 Å². The molecule has 2 rings (SSSR count). The van der Waals surface area contributed by atoms with Gasteiger partial charge in [-0.15, -0.1) is 0 Å². The number of rotatable bonds is 2. The standard InChI is InChI=1S/C11H12BrNO/c1-2-9(13)10-6-7-4-3-5-8(12)11(7)14-10/h3-6,9H,2,13H2,1H3. The maximum Gasteiger partial charge on any atom is 0.148 e. The molecule has 0 saturated carbocycles. The lowest BCUT2D eigenvalue weighted by molar-refractivity contribution is 0.487. The molecule has 0 spiro atoms. The average molecular weight is 254 g/mol. The van der Waals surface area contributed by atoms with Gasteiger partial charge in [0.1, 0.15) is 11.3 Å². The van der Waals surface area contributed by atoms with Gasteiger partial charge in [0, 0.05) is 5.39 Å². The molecule has 1 aromatic heterocycles. The van der Waals surface area contributed by atoms with Crippen molar-refractivity contribution >= 4 is 26.9 Å². The zero-order valence-corrected chi connectivity index (χ0v) is 9.54. The molecule has 2 aromatic rings. The molecule has 3 heteroatoms. The van der Waals surface area contributed by atoms with Crippen LogP contribution in [0, 0.1) is 0 Å². The number of halogens is 1. The monoisotopic (exact) mass is 253 g/mol. The van der Waals surface area contributed by atoms with Crippen molar-refractivity contribution in [1.29, 1.82) is 0 Å². The summed E-state index contributed by atoms with van der Waals surface area (Å²) >= 11 is 3.45. The van der Waals surface area contributed by atoms with Crippen molar-refractivity contribution in [2.24, 2.45) is 5.73 Å². The summed E-state index contributed by atoms with van der Waals surface area (Å²) in [6.07, 6.45) is 0.886. The minimum absolute atomic E-state index is 0.00528. The van der Waals surface area contributed by atoms with E-state index in [1.54, 1.807) is 0 Å². The van der Waals surface area contributed by atoms with Crippen molar-refractivity contribution in [2.45, 2.75) is 19.4 Å². The van der Waals surface area contributed by atoms with Crippen molar-refractivity contribution in [1.82, 2.24) is 0 Å². The van der Waals surface area contributed by atoms with Crippen LogP contribution in [-0.2, 0) is 0 Å². The predicted molar refractivity (Wildman–Crippen MR) is 61.1 cm³/mol. The third-order valence-corrected chi connectivity index (χ3v) is 2.94. The molecule has 0 aliphatic rings. The molecule has 0 aliphatic heterocycles. The molecule has 1 aromatic carbocycles. The summed E-state index contributed by atoms with van der Waals surface area (Å²) in [6, 6.07) is 7.98. The molecule has 0 aliphatic carbocycles. The molecule has 0 fully saturated rings. The van der Waals surface area contributed by atoms with E-state index < -0.39 is 0 Å². The molecule has 1 heterocycles. The third kappa shape index (κ3) is 1.57. The predicted octanol–water partition coefficient (Wildman–Crippen LogP) is 3.61. The molecule has 0 radical (unpaired) electrons. The Hall–Kier alpha value is -0.800. The van der Waals surface area contributed by atoms with Crippen LogP contribution in [0.2, 0.25) is 0 Å². The minimum atomic E-state index is -0.00528. The summed E-state index contributed by atoms with van der Waals surface area (Å²) in [4.78, 5) is 0. The van der Waals surface area contributed by atoms with Crippen LogP contribution in [0.4, 0.5) is 0 Å². The highest BCUT2D eigenvalue weighted by molar-refractivity contribution is 9.10. The largest absolute Gasteiger partial charge is 0.458 e. The number of benzene rings is 1. The number of furan rings is 1. The third-order valence-electron chi connectivity index (χ3n) is 2.32. The van der Waals surface area contributed by atoms with E-state index >= 15 is 0 Å². The van der Waals surface area contributed by atoms with Crippen LogP contribution in [0.5, 0.6) is 0 Å². The van der Waals surface area contributed by atoms with E-state index in [1.165, 1.54) is 0 Å². The summed E-state index contributed by atoms with van der Waals surface area (Å²) in [7, 11) is 0. The quantitative estimate of drug-likeness (QED) is 0.889. The summed E-state index contributed by atoms with van der Waals surface area (Å²) in [5.41, 5.74) is 6.78. The van der Waals surface area contributed by atoms with Crippen molar-refractivity contribution in [3.05, 3.63) is 34.5 Å². The number of para-hydroxylation sites is 1. The molecular weight excluding hydrogens is 242 g/mol. The van der Waals surface area contributed by atoms with Gasteiger partial charge >= 0.3 is 0 Å². The lowest BCUT2D eigenvalue weighted by Gasteiger charge is -2.02. The first-order valence-corrected chi connectivity index (χ1v) is 5.45. The summed E-state index contributed by atoms with van der Waals surface area (Å²) in [5, 5.41) is 1.10. The average Bonchev–Trinajstić information content (AvgIpc) is 2.62. The van der Waals surface area contributed by atoms with Gasteiger partial charge in [-0.3, -0.25) is 0 Å². The Bertz CT molecular complexity index is 449. The van der Waals surface area contributed by atoms with Gasteiger partial charge in [-0.2, -0.15) is 0 Å². The van der Waals surface area contributed by atoms with Crippen LogP contribution in [0.3, 0.4) is 0 Å². The van der Waals surface area contributed by atoms with E-state index in [0.29, 0.717) is 0 Å². The molecule has 2 nitrogen and oxygen atoms in total. The molecule has 14 heavy (non-hydrogen) atoms. The lowest BCUT2D eigenvalue weighted by atomic mass is 10.2. The highest BCUT2D eigenvalue weighted by Crippen LogP contribution is 2.29. The first-order chi connectivity index (χ1) is 6.72. The van der Waals surface area contributed by atoms with Crippen molar-refractivity contribution < 1.29 is 4.42 Å². The Labute approximate surface area is 91.2 Å². The Kier molecular flexibility index (Phi) is 2.61. The zero-order chi connectivity index (χ0) is 10.1. The van der Waals surface area contributed by atoms with Gasteiger partial charge in [-0.05, 0) is 34.5 Å². The van der Waals surface area contributed by atoms with Gasteiger partial charge in [0.05, 0.1) is 10.5 Å². The zero-order valence-electron chi connectivity index (χ0n) is 7.96. The van der Waals surface area contributed by atoms with E-state index in [9.17, 15) is 0 Å². The van der Waals surface area contributed by atoms with Gasteiger partial charge in [0.15, 0.2) is 0 Å². The normalized spacial score (nSPS) is 13.4. The minimum Gasteiger partial charge on any atom is -0.458 e. The van der Waals surface area contributed by atoms with E-state index in [-0.39, 0.29) is 6.04 Å². The van der Waals surface area contributed by atoms with Crippen LogP contribution in [0.25, 0.3) is 11.0 Å². The van der Waals surface area contributed by atoms with E-state index in [0.717, 1.165) is 27.6 Å². The van der Waals surface area contributed by atoms with Crippen molar-refractivity contribution in [2.75, 3.05) is 0 Å². The fourth-order valence-corrected chi connectivity index (χ4v) is 1.89. The van der Waals surface area contributed by atoms with E-state index in [4.69, 9.17) is 10.2 Å². The maximum atomic E-state index is 5.90. The molecular formula is C11H12BrNO. The summed E-state index contributed by atoms with van der Waals surface area (Å²) in [6.45, 7) is 2.05. The molecule has 74 valence electrons. The SMILES string of the molecule is CCC(N)c1cc2cccc(Br)c2o1. The molecule has 1 atom stereocenters. The maximum absolute atomic E-state index is 5.90. The fourth-order valence-electron chi connectivity index (χ4n) is 1.43. The van der Waals surface area contributed by atoms with Crippen LogP contribution >= 0.6 is 15.9 Å². The Morgan fingerprint density at radius 3 is 2.93 bits per heavy atom. The molecule has 1 unspecified atom stereocenters. The highest BCUT2D eigenvalue weighted by Gasteiger charge is 2.11. The first-order valence-electron chi connectivity index (χ1n) is 4.66. The van der Waals surface area contributed by atoms with Gasteiger partial charge < -0.3 is 10.2 Å². The smallest absolute Gasteiger partial charge is 0.148 e. The van der Waals surface area contributed by atoms with Crippen molar-refractivity contribution in [3.8, 4) is 0 Å².